The lowest BCUT2D eigenvalue weighted by molar-refractivity contribution is 0.602. The minimum Gasteiger partial charge on any atom is -0.370 e. The lowest BCUT2D eigenvalue weighted by Crippen LogP contribution is -2.14. The van der Waals surface area contributed by atoms with Crippen LogP contribution in [0.1, 0.15) is 33.1 Å². The van der Waals surface area contributed by atoms with Crippen molar-refractivity contribution in [2.24, 2.45) is 0 Å². The van der Waals surface area contributed by atoms with Gasteiger partial charge < -0.3 is 5.32 Å². The van der Waals surface area contributed by atoms with E-state index in [-0.39, 0.29) is 5.75 Å². The Morgan fingerprint density at radius 1 is 1.22 bits per heavy atom. The second kappa shape index (κ2) is 7.20. The summed E-state index contributed by atoms with van der Waals surface area (Å²) in [6.07, 6.45) is 5.02. The van der Waals surface area contributed by atoms with E-state index in [1.165, 1.54) is 19.0 Å². The third-order valence-electron chi connectivity index (χ3n) is 2.50. The molecule has 5 nitrogen and oxygen atoms in total. The zero-order valence-corrected chi connectivity index (χ0v) is 11.8. The molecule has 0 spiro atoms. The van der Waals surface area contributed by atoms with E-state index in [1.807, 2.05) is 0 Å². The number of sulfonamides is 1. The topological polar surface area (TPSA) is 71.1 Å². The molecule has 0 fully saturated rings. The maximum absolute atomic E-state index is 11.3. The van der Waals surface area contributed by atoms with Crippen molar-refractivity contribution >= 4 is 21.5 Å². The Hall–Kier alpha value is -1.30. The van der Waals surface area contributed by atoms with Crippen LogP contribution >= 0.6 is 0 Å². The average Bonchev–Trinajstić information content (AvgIpc) is 2.36. The number of pyridine rings is 1. The van der Waals surface area contributed by atoms with Gasteiger partial charge in [-0.2, -0.15) is 0 Å². The minimum absolute atomic E-state index is 0.0595. The SMILES string of the molecule is CCCCCNc1ccc(NS(=O)(=O)CC)cn1. The maximum atomic E-state index is 11.3. The van der Waals surface area contributed by atoms with E-state index < -0.39 is 10.0 Å². The number of aromatic nitrogens is 1. The molecule has 0 aliphatic carbocycles. The molecule has 0 aliphatic rings. The molecule has 0 saturated heterocycles. The number of nitrogens with zero attached hydrogens (tertiary/aromatic N) is 1. The van der Waals surface area contributed by atoms with Crippen molar-refractivity contribution in [1.29, 1.82) is 0 Å². The van der Waals surface area contributed by atoms with Gasteiger partial charge in [-0.3, -0.25) is 4.72 Å². The first-order valence-corrected chi connectivity index (χ1v) is 7.93. The molecular formula is C12H21N3O2S. The van der Waals surface area contributed by atoms with E-state index in [4.69, 9.17) is 0 Å². The average molecular weight is 271 g/mol. The summed E-state index contributed by atoms with van der Waals surface area (Å²) in [6.45, 7) is 4.65. The van der Waals surface area contributed by atoms with Crippen molar-refractivity contribution in [3.8, 4) is 0 Å². The zero-order chi connectivity index (χ0) is 13.4. The summed E-state index contributed by atoms with van der Waals surface area (Å²) < 4.78 is 25.1. The Morgan fingerprint density at radius 2 is 2.00 bits per heavy atom. The van der Waals surface area contributed by atoms with Crippen LogP contribution in [0.15, 0.2) is 18.3 Å². The van der Waals surface area contributed by atoms with Gasteiger partial charge in [0.25, 0.3) is 0 Å². The molecule has 1 aromatic heterocycles. The smallest absolute Gasteiger partial charge is 0.232 e. The molecule has 0 radical (unpaired) electrons. The third-order valence-corrected chi connectivity index (χ3v) is 3.81. The standard InChI is InChI=1S/C12H21N3O2S/c1-3-5-6-9-13-12-8-7-11(10-14-12)15-18(16,17)4-2/h7-8,10,15H,3-6,9H2,1-2H3,(H,13,14). The molecule has 102 valence electrons. The van der Waals surface area contributed by atoms with Crippen LogP contribution in [0.2, 0.25) is 0 Å². The first kappa shape index (κ1) is 14.8. The van der Waals surface area contributed by atoms with Gasteiger partial charge in [0, 0.05) is 6.54 Å². The summed E-state index contributed by atoms with van der Waals surface area (Å²) >= 11 is 0. The molecule has 18 heavy (non-hydrogen) atoms. The Kier molecular flexibility index (Phi) is 5.91. The van der Waals surface area contributed by atoms with Crippen molar-refractivity contribution in [2.45, 2.75) is 33.1 Å². The highest BCUT2D eigenvalue weighted by Gasteiger charge is 2.06. The van der Waals surface area contributed by atoms with Gasteiger partial charge in [0.05, 0.1) is 17.6 Å². The van der Waals surface area contributed by atoms with Gasteiger partial charge in [0.15, 0.2) is 0 Å². The van der Waals surface area contributed by atoms with E-state index in [0.717, 1.165) is 18.8 Å². The highest BCUT2D eigenvalue weighted by molar-refractivity contribution is 7.92. The Labute approximate surface area is 109 Å². The van der Waals surface area contributed by atoms with E-state index >= 15 is 0 Å². The number of unbranched alkanes of at least 4 members (excludes halogenated alkanes) is 2. The van der Waals surface area contributed by atoms with Gasteiger partial charge in [-0.05, 0) is 25.5 Å². The molecule has 6 heteroatoms. The highest BCUT2D eigenvalue weighted by Crippen LogP contribution is 2.11. The van der Waals surface area contributed by atoms with Crippen LogP contribution in [0.3, 0.4) is 0 Å². The van der Waals surface area contributed by atoms with Gasteiger partial charge in [-0.25, -0.2) is 13.4 Å². The summed E-state index contributed by atoms with van der Waals surface area (Å²) in [5.41, 5.74) is 0.496. The second-order valence-electron chi connectivity index (χ2n) is 4.07. The molecule has 0 saturated carbocycles. The summed E-state index contributed by atoms with van der Waals surface area (Å²) in [5, 5.41) is 3.20. The van der Waals surface area contributed by atoms with Gasteiger partial charge in [-0.1, -0.05) is 19.8 Å². The number of nitrogens with one attached hydrogen (secondary N) is 2. The highest BCUT2D eigenvalue weighted by atomic mass is 32.2. The number of anilines is 2. The molecule has 0 bridgehead atoms. The Morgan fingerprint density at radius 3 is 2.56 bits per heavy atom. The fraction of sp³-hybridized carbons (Fsp3) is 0.583. The molecule has 0 atom stereocenters. The lowest BCUT2D eigenvalue weighted by Gasteiger charge is -2.08. The van der Waals surface area contributed by atoms with Crippen LogP contribution in [-0.2, 0) is 10.0 Å². The van der Waals surface area contributed by atoms with Crippen LogP contribution in [-0.4, -0.2) is 25.7 Å². The first-order chi connectivity index (χ1) is 8.57. The van der Waals surface area contributed by atoms with Crippen LogP contribution in [0.5, 0.6) is 0 Å². The summed E-state index contributed by atoms with van der Waals surface area (Å²) in [5.74, 6) is 0.829. The molecule has 0 amide bonds. The van der Waals surface area contributed by atoms with Gasteiger partial charge in [0.2, 0.25) is 10.0 Å². The van der Waals surface area contributed by atoms with Crippen LogP contribution in [0.4, 0.5) is 11.5 Å². The lowest BCUT2D eigenvalue weighted by atomic mass is 10.2. The number of hydrogen-bond donors (Lipinski definition) is 2. The van der Waals surface area contributed by atoms with Crippen molar-refractivity contribution < 1.29 is 8.42 Å². The second-order valence-corrected chi connectivity index (χ2v) is 6.08. The Bertz CT molecular complexity index is 443. The Balaban J connectivity index is 2.47. The van der Waals surface area contributed by atoms with E-state index in [1.54, 1.807) is 19.1 Å². The molecule has 1 rings (SSSR count). The predicted octanol–water partition coefficient (Wildman–Crippen LogP) is 2.45. The summed E-state index contributed by atoms with van der Waals surface area (Å²) in [4.78, 5) is 4.16. The molecule has 0 aliphatic heterocycles. The van der Waals surface area contributed by atoms with E-state index in [0.29, 0.717) is 5.69 Å². The molecule has 2 N–H and O–H groups in total. The van der Waals surface area contributed by atoms with Crippen molar-refractivity contribution in [1.82, 2.24) is 4.98 Å². The zero-order valence-electron chi connectivity index (χ0n) is 10.9. The molecule has 1 heterocycles. The molecular weight excluding hydrogens is 250 g/mol. The van der Waals surface area contributed by atoms with Crippen molar-refractivity contribution in [3.63, 3.8) is 0 Å². The normalized spacial score (nSPS) is 11.2. The largest absolute Gasteiger partial charge is 0.370 e. The van der Waals surface area contributed by atoms with Crippen molar-refractivity contribution in [2.75, 3.05) is 22.3 Å². The fourth-order valence-corrected chi connectivity index (χ4v) is 2.03. The maximum Gasteiger partial charge on any atom is 0.232 e. The molecule has 0 aromatic carbocycles. The van der Waals surface area contributed by atoms with E-state index in [2.05, 4.69) is 21.9 Å². The third kappa shape index (κ3) is 5.35. The molecule has 1 aromatic rings. The monoisotopic (exact) mass is 271 g/mol. The molecule has 0 unspecified atom stereocenters. The minimum atomic E-state index is -3.22. The summed E-state index contributed by atoms with van der Waals surface area (Å²) in [6, 6.07) is 3.49. The van der Waals surface area contributed by atoms with Crippen LogP contribution in [0.25, 0.3) is 0 Å². The number of hydrogen-bond acceptors (Lipinski definition) is 4. The van der Waals surface area contributed by atoms with Gasteiger partial charge in [-0.15, -0.1) is 0 Å². The fourth-order valence-electron chi connectivity index (χ4n) is 1.40. The van der Waals surface area contributed by atoms with E-state index in [9.17, 15) is 8.42 Å². The van der Waals surface area contributed by atoms with Crippen LogP contribution < -0.4 is 10.0 Å². The summed E-state index contributed by atoms with van der Waals surface area (Å²) in [7, 11) is -3.22. The predicted molar refractivity (Wildman–Crippen MR) is 75.3 cm³/mol. The van der Waals surface area contributed by atoms with Crippen molar-refractivity contribution in [3.05, 3.63) is 18.3 Å². The quantitative estimate of drug-likeness (QED) is 0.712. The first-order valence-electron chi connectivity index (χ1n) is 6.28. The van der Waals surface area contributed by atoms with Gasteiger partial charge in [0.1, 0.15) is 5.82 Å². The van der Waals surface area contributed by atoms with Crippen LogP contribution in [0, 0.1) is 0 Å². The number of rotatable bonds is 8. The van der Waals surface area contributed by atoms with Gasteiger partial charge >= 0.3 is 0 Å².